The fraction of sp³-hybridized carbons (Fsp3) is 0. The van der Waals surface area contributed by atoms with Gasteiger partial charge in [0.05, 0.1) is 9.99 Å². The molecule has 1 heterocycles. The van der Waals surface area contributed by atoms with Gasteiger partial charge in [-0.05, 0) is 58.4 Å². The van der Waals surface area contributed by atoms with Crippen LogP contribution in [0.4, 0.5) is 5.69 Å². The van der Waals surface area contributed by atoms with Gasteiger partial charge in [0.25, 0.3) is 5.91 Å². The standard InChI is InChI=1S/C16H11BrN2O2/c17-13-5-3-11(9-15(13)20)16(21)19-12-4-6-14-10(8-12)2-1-7-18-14/h1-9,20H,(H,19,21). The van der Waals surface area contributed by atoms with Crippen LogP contribution in [0.15, 0.2) is 59.2 Å². The molecule has 21 heavy (non-hydrogen) atoms. The van der Waals surface area contributed by atoms with Crippen molar-refractivity contribution in [1.29, 1.82) is 0 Å². The van der Waals surface area contributed by atoms with Crippen molar-refractivity contribution < 1.29 is 9.90 Å². The maximum absolute atomic E-state index is 12.2. The number of nitrogens with zero attached hydrogens (tertiary/aromatic N) is 1. The summed E-state index contributed by atoms with van der Waals surface area (Å²) in [5.74, 6) is -0.244. The van der Waals surface area contributed by atoms with E-state index in [-0.39, 0.29) is 11.7 Å². The highest BCUT2D eigenvalue weighted by Gasteiger charge is 2.09. The molecule has 0 radical (unpaired) electrons. The van der Waals surface area contributed by atoms with Gasteiger partial charge < -0.3 is 10.4 Å². The third-order valence-corrected chi connectivity index (χ3v) is 3.74. The predicted octanol–water partition coefficient (Wildman–Crippen LogP) is 3.96. The van der Waals surface area contributed by atoms with Crippen molar-refractivity contribution in [2.45, 2.75) is 0 Å². The van der Waals surface area contributed by atoms with Crippen molar-refractivity contribution in [3.05, 3.63) is 64.8 Å². The summed E-state index contributed by atoms with van der Waals surface area (Å²) in [7, 11) is 0. The van der Waals surface area contributed by atoms with E-state index in [9.17, 15) is 9.90 Å². The smallest absolute Gasteiger partial charge is 0.255 e. The van der Waals surface area contributed by atoms with E-state index in [0.29, 0.717) is 15.7 Å². The largest absolute Gasteiger partial charge is 0.507 e. The number of nitrogens with one attached hydrogen (secondary N) is 1. The van der Waals surface area contributed by atoms with E-state index >= 15 is 0 Å². The monoisotopic (exact) mass is 342 g/mol. The van der Waals surface area contributed by atoms with Crippen LogP contribution >= 0.6 is 15.9 Å². The van der Waals surface area contributed by atoms with Gasteiger partial charge >= 0.3 is 0 Å². The van der Waals surface area contributed by atoms with E-state index in [1.165, 1.54) is 6.07 Å². The number of amides is 1. The number of fused-ring (bicyclic) bond motifs is 1. The minimum Gasteiger partial charge on any atom is -0.507 e. The van der Waals surface area contributed by atoms with E-state index in [1.54, 1.807) is 24.4 Å². The Morgan fingerprint density at radius 3 is 2.81 bits per heavy atom. The number of phenols is 1. The molecule has 0 aliphatic rings. The van der Waals surface area contributed by atoms with Crippen molar-refractivity contribution in [1.82, 2.24) is 4.98 Å². The molecule has 1 amide bonds. The molecule has 0 saturated heterocycles. The lowest BCUT2D eigenvalue weighted by molar-refractivity contribution is 0.102. The fourth-order valence-electron chi connectivity index (χ4n) is 2.01. The molecule has 0 fully saturated rings. The molecule has 5 heteroatoms. The summed E-state index contributed by atoms with van der Waals surface area (Å²) < 4.78 is 0.552. The molecular weight excluding hydrogens is 332 g/mol. The minimum atomic E-state index is -0.277. The number of benzene rings is 2. The van der Waals surface area contributed by atoms with Crippen molar-refractivity contribution in [3.63, 3.8) is 0 Å². The Morgan fingerprint density at radius 2 is 2.00 bits per heavy atom. The van der Waals surface area contributed by atoms with Crippen molar-refractivity contribution in [3.8, 4) is 5.75 Å². The second-order valence-corrected chi connectivity index (χ2v) is 5.39. The van der Waals surface area contributed by atoms with Crippen molar-refractivity contribution in [2.24, 2.45) is 0 Å². The van der Waals surface area contributed by atoms with Crippen LogP contribution in [-0.2, 0) is 0 Å². The fourth-order valence-corrected chi connectivity index (χ4v) is 2.26. The Hall–Kier alpha value is -2.40. The summed E-state index contributed by atoms with van der Waals surface area (Å²) in [5, 5.41) is 13.4. The molecule has 0 aliphatic carbocycles. The zero-order valence-corrected chi connectivity index (χ0v) is 12.5. The molecule has 0 unspecified atom stereocenters. The lowest BCUT2D eigenvalue weighted by Gasteiger charge is -2.07. The minimum absolute atomic E-state index is 0.0327. The molecular formula is C16H11BrN2O2. The van der Waals surface area contributed by atoms with Crippen LogP contribution in [-0.4, -0.2) is 16.0 Å². The van der Waals surface area contributed by atoms with Gasteiger partial charge in [-0.15, -0.1) is 0 Å². The molecule has 2 N–H and O–H groups in total. The molecule has 104 valence electrons. The van der Waals surface area contributed by atoms with Crippen LogP contribution < -0.4 is 5.32 Å². The second-order valence-electron chi connectivity index (χ2n) is 4.53. The first-order valence-electron chi connectivity index (χ1n) is 6.28. The summed E-state index contributed by atoms with van der Waals surface area (Å²) in [4.78, 5) is 16.4. The van der Waals surface area contributed by atoms with Crippen molar-refractivity contribution in [2.75, 3.05) is 5.32 Å². The Kier molecular flexibility index (Phi) is 3.58. The maximum atomic E-state index is 12.2. The first-order valence-corrected chi connectivity index (χ1v) is 7.07. The van der Waals surface area contributed by atoms with Gasteiger partial charge in [-0.3, -0.25) is 9.78 Å². The van der Waals surface area contributed by atoms with Gasteiger partial charge in [0.1, 0.15) is 5.75 Å². The normalized spacial score (nSPS) is 10.5. The maximum Gasteiger partial charge on any atom is 0.255 e. The van der Waals surface area contributed by atoms with E-state index in [2.05, 4.69) is 26.2 Å². The number of halogens is 1. The number of pyridine rings is 1. The zero-order valence-electron chi connectivity index (χ0n) is 10.9. The molecule has 0 spiro atoms. The summed E-state index contributed by atoms with van der Waals surface area (Å²) in [5.41, 5.74) is 1.95. The predicted molar refractivity (Wildman–Crippen MR) is 85.5 cm³/mol. The number of carbonyl (C=O) groups is 1. The first kappa shape index (κ1) is 13.6. The van der Waals surface area contributed by atoms with Gasteiger partial charge in [-0.1, -0.05) is 6.07 Å². The topological polar surface area (TPSA) is 62.2 Å². The number of carbonyl (C=O) groups excluding carboxylic acids is 1. The summed E-state index contributed by atoms with van der Waals surface area (Å²) >= 11 is 3.18. The lowest BCUT2D eigenvalue weighted by Crippen LogP contribution is -2.11. The summed E-state index contributed by atoms with van der Waals surface area (Å²) in [6, 6.07) is 14.0. The van der Waals surface area contributed by atoms with Crippen molar-refractivity contribution >= 4 is 38.4 Å². The molecule has 2 aromatic carbocycles. The van der Waals surface area contributed by atoms with Gasteiger partial charge in [-0.2, -0.15) is 0 Å². The highest BCUT2D eigenvalue weighted by molar-refractivity contribution is 9.10. The van der Waals surface area contributed by atoms with Crippen LogP contribution in [0.3, 0.4) is 0 Å². The zero-order chi connectivity index (χ0) is 14.8. The molecule has 3 aromatic rings. The molecule has 0 aliphatic heterocycles. The summed E-state index contributed by atoms with van der Waals surface area (Å²) in [6.07, 6.45) is 1.73. The highest BCUT2D eigenvalue weighted by atomic mass is 79.9. The highest BCUT2D eigenvalue weighted by Crippen LogP contribution is 2.25. The van der Waals surface area contributed by atoms with E-state index in [0.717, 1.165) is 10.9 Å². The molecule has 1 aromatic heterocycles. The van der Waals surface area contributed by atoms with Crippen LogP contribution in [0.5, 0.6) is 5.75 Å². The van der Waals surface area contributed by atoms with Gasteiger partial charge in [0.2, 0.25) is 0 Å². The lowest BCUT2D eigenvalue weighted by atomic mass is 10.1. The van der Waals surface area contributed by atoms with Crippen LogP contribution in [0.1, 0.15) is 10.4 Å². The Balaban J connectivity index is 1.87. The first-order chi connectivity index (χ1) is 10.1. The Bertz CT molecular complexity index is 833. The number of hydrogen-bond donors (Lipinski definition) is 2. The van der Waals surface area contributed by atoms with E-state index in [4.69, 9.17) is 0 Å². The Morgan fingerprint density at radius 1 is 1.14 bits per heavy atom. The number of aromatic nitrogens is 1. The van der Waals surface area contributed by atoms with Crippen LogP contribution in [0.2, 0.25) is 0 Å². The van der Waals surface area contributed by atoms with E-state index < -0.39 is 0 Å². The van der Waals surface area contributed by atoms with Crippen LogP contribution in [0.25, 0.3) is 10.9 Å². The molecule has 0 saturated carbocycles. The SMILES string of the molecule is O=C(Nc1ccc2ncccc2c1)c1ccc(Br)c(O)c1. The Labute approximate surface area is 129 Å². The van der Waals surface area contributed by atoms with Gasteiger partial charge in [-0.25, -0.2) is 0 Å². The number of phenolic OH excluding ortho intramolecular Hbond substituents is 1. The third-order valence-electron chi connectivity index (χ3n) is 3.07. The summed E-state index contributed by atoms with van der Waals surface area (Å²) in [6.45, 7) is 0. The number of hydrogen-bond acceptors (Lipinski definition) is 3. The van der Waals surface area contributed by atoms with E-state index in [1.807, 2.05) is 24.3 Å². The number of aromatic hydroxyl groups is 1. The average molecular weight is 343 g/mol. The van der Waals surface area contributed by atoms with Gasteiger partial charge in [0.15, 0.2) is 0 Å². The molecule has 3 rings (SSSR count). The average Bonchev–Trinajstić information content (AvgIpc) is 2.50. The molecule has 4 nitrogen and oxygen atoms in total. The number of rotatable bonds is 2. The molecule has 0 atom stereocenters. The molecule has 0 bridgehead atoms. The quantitative estimate of drug-likeness (QED) is 0.741. The van der Waals surface area contributed by atoms with Crippen LogP contribution in [0, 0.1) is 0 Å². The van der Waals surface area contributed by atoms with Gasteiger partial charge in [0, 0.05) is 22.8 Å². The number of anilines is 1. The second kappa shape index (κ2) is 5.54. The third kappa shape index (κ3) is 2.87.